The van der Waals surface area contributed by atoms with Gasteiger partial charge in [0.1, 0.15) is 24.9 Å². The second-order valence-electron chi connectivity index (χ2n) is 5.00. The summed E-state index contributed by atoms with van der Waals surface area (Å²) < 4.78 is 18.5. The summed E-state index contributed by atoms with van der Waals surface area (Å²) in [5, 5.41) is 19.4. The number of hydrogen-bond donors (Lipinski definition) is 2. The number of carbonyl (C=O) groups is 2. The molecule has 0 radical (unpaired) electrons. The fourth-order valence-electron chi connectivity index (χ4n) is 2.25. The molecular weight excluding hydrogens is 370 g/mol. The van der Waals surface area contributed by atoms with Crippen LogP contribution in [0.1, 0.15) is 5.56 Å². The highest BCUT2D eigenvalue weighted by atomic mass is 35.5. The molecule has 0 aliphatic carbocycles. The van der Waals surface area contributed by atoms with E-state index in [-0.39, 0.29) is 0 Å². The summed E-state index contributed by atoms with van der Waals surface area (Å²) in [6.45, 7) is 1.41. The Morgan fingerprint density at radius 1 is 1.31 bits per heavy atom. The van der Waals surface area contributed by atoms with E-state index in [1.165, 1.54) is 6.33 Å². The van der Waals surface area contributed by atoms with Crippen molar-refractivity contribution in [1.82, 2.24) is 14.8 Å². The molecular formula is C15H16ClN3O7. The number of nitrogens with zero attached hydrogens (tertiary/aromatic N) is 3. The number of benzene rings is 1. The molecule has 1 aliphatic heterocycles. The van der Waals surface area contributed by atoms with E-state index < -0.39 is 17.7 Å². The Morgan fingerprint density at radius 2 is 1.96 bits per heavy atom. The van der Waals surface area contributed by atoms with Crippen LogP contribution >= 0.6 is 11.6 Å². The zero-order chi connectivity index (χ0) is 19.2. The van der Waals surface area contributed by atoms with Gasteiger partial charge < -0.3 is 24.4 Å². The summed E-state index contributed by atoms with van der Waals surface area (Å²) in [6, 6.07) is 5.42. The predicted octanol–water partition coefficient (Wildman–Crippen LogP) is 0.995. The predicted molar refractivity (Wildman–Crippen MR) is 86.9 cm³/mol. The van der Waals surface area contributed by atoms with Gasteiger partial charge in [0, 0.05) is 5.56 Å². The Labute approximate surface area is 152 Å². The summed E-state index contributed by atoms with van der Waals surface area (Å²) in [4.78, 5) is 22.1. The molecule has 1 saturated heterocycles. The van der Waals surface area contributed by atoms with E-state index in [4.69, 9.17) is 45.6 Å². The summed E-state index contributed by atoms with van der Waals surface area (Å²) in [5.41, 5.74) is 0.757. The van der Waals surface area contributed by atoms with Crippen molar-refractivity contribution in [2.24, 2.45) is 0 Å². The maximum atomic E-state index is 9.10. The molecule has 3 rings (SSSR count). The molecule has 2 N–H and O–H groups in total. The minimum atomic E-state index is -1.82. The maximum Gasteiger partial charge on any atom is 0.414 e. The molecule has 0 atom stereocenters. The minimum absolute atomic E-state index is 0.388. The lowest BCUT2D eigenvalue weighted by Gasteiger charge is -2.28. The molecule has 140 valence electrons. The van der Waals surface area contributed by atoms with Gasteiger partial charge in [-0.05, 0) is 18.2 Å². The van der Waals surface area contributed by atoms with E-state index >= 15 is 0 Å². The molecule has 2 heterocycles. The third kappa shape index (κ3) is 4.69. The monoisotopic (exact) mass is 385 g/mol. The van der Waals surface area contributed by atoms with Gasteiger partial charge in [-0.3, -0.25) is 0 Å². The Morgan fingerprint density at radius 3 is 2.42 bits per heavy atom. The van der Waals surface area contributed by atoms with Gasteiger partial charge in [0.2, 0.25) is 5.79 Å². The molecule has 1 aliphatic rings. The van der Waals surface area contributed by atoms with Crippen LogP contribution in [0.3, 0.4) is 0 Å². The molecule has 1 aromatic heterocycles. The van der Waals surface area contributed by atoms with E-state index in [9.17, 15) is 0 Å². The zero-order valence-electron chi connectivity index (χ0n) is 13.7. The summed E-state index contributed by atoms with van der Waals surface area (Å²) >= 11 is 6.33. The number of aromatic nitrogens is 3. The van der Waals surface area contributed by atoms with Gasteiger partial charge in [0.05, 0.1) is 25.3 Å². The van der Waals surface area contributed by atoms with Crippen LogP contribution in [-0.2, 0) is 31.4 Å². The molecule has 1 aromatic carbocycles. The Hall–Kier alpha value is -2.69. The van der Waals surface area contributed by atoms with Crippen molar-refractivity contribution in [2.75, 3.05) is 20.3 Å². The smallest absolute Gasteiger partial charge is 0.414 e. The Balaban J connectivity index is 0.000000352. The first-order chi connectivity index (χ1) is 12.4. The van der Waals surface area contributed by atoms with Crippen LogP contribution in [0, 0.1) is 0 Å². The Kier molecular flexibility index (Phi) is 6.50. The van der Waals surface area contributed by atoms with Crippen LogP contribution in [0.25, 0.3) is 0 Å². The highest BCUT2D eigenvalue weighted by Gasteiger charge is 2.41. The van der Waals surface area contributed by atoms with Gasteiger partial charge in [0.25, 0.3) is 0 Å². The minimum Gasteiger partial charge on any atom is -0.497 e. The fourth-order valence-corrected chi connectivity index (χ4v) is 2.56. The van der Waals surface area contributed by atoms with Crippen LogP contribution in [0.2, 0.25) is 5.02 Å². The van der Waals surface area contributed by atoms with E-state index in [0.717, 1.165) is 5.56 Å². The van der Waals surface area contributed by atoms with Crippen molar-refractivity contribution in [3.63, 3.8) is 0 Å². The van der Waals surface area contributed by atoms with Crippen molar-refractivity contribution in [2.45, 2.75) is 12.3 Å². The van der Waals surface area contributed by atoms with E-state index in [1.54, 1.807) is 24.2 Å². The van der Waals surface area contributed by atoms with Crippen molar-refractivity contribution in [3.05, 3.63) is 41.4 Å². The molecule has 0 saturated carbocycles. The highest BCUT2D eigenvalue weighted by molar-refractivity contribution is 6.31. The number of carboxylic acids is 2. The molecule has 11 heteroatoms. The second-order valence-corrected chi connectivity index (χ2v) is 5.41. The van der Waals surface area contributed by atoms with E-state index in [1.807, 2.05) is 12.1 Å². The first-order valence-electron chi connectivity index (χ1n) is 7.28. The number of methoxy groups -OCH3 is 1. The number of hydrogen-bond acceptors (Lipinski definition) is 7. The van der Waals surface area contributed by atoms with Crippen molar-refractivity contribution >= 4 is 23.5 Å². The highest BCUT2D eigenvalue weighted by Crippen LogP contribution is 2.38. The van der Waals surface area contributed by atoms with Crippen molar-refractivity contribution in [1.29, 1.82) is 0 Å². The molecule has 1 fully saturated rings. The van der Waals surface area contributed by atoms with Crippen molar-refractivity contribution < 1.29 is 34.0 Å². The van der Waals surface area contributed by atoms with Crippen LogP contribution in [0.5, 0.6) is 5.75 Å². The standard InChI is InChI=1S/C13H14ClN3O3.C2H2O4/c1-18-10-2-3-11(12(14)6-10)13(19-4-5-20-13)7-17-9-15-8-16-17;3-1(4)2(5)6/h2-3,6,8-9H,4-5,7H2,1H3;(H,3,4)(H,5,6). The van der Waals surface area contributed by atoms with Gasteiger partial charge in [0.15, 0.2) is 0 Å². The lowest BCUT2D eigenvalue weighted by atomic mass is 10.1. The van der Waals surface area contributed by atoms with Crippen molar-refractivity contribution in [3.8, 4) is 5.75 Å². The van der Waals surface area contributed by atoms with Gasteiger partial charge in [-0.15, -0.1) is 0 Å². The molecule has 2 aromatic rings. The number of carboxylic acid groups (broad SMARTS) is 2. The molecule has 26 heavy (non-hydrogen) atoms. The van der Waals surface area contributed by atoms with Gasteiger partial charge >= 0.3 is 11.9 Å². The average Bonchev–Trinajstić information content (AvgIpc) is 3.28. The summed E-state index contributed by atoms with van der Waals surface area (Å²) in [6.07, 6.45) is 3.09. The largest absolute Gasteiger partial charge is 0.497 e. The van der Waals surface area contributed by atoms with Crippen LogP contribution in [0.4, 0.5) is 0 Å². The van der Waals surface area contributed by atoms with Crippen LogP contribution < -0.4 is 4.74 Å². The number of rotatable bonds is 4. The van der Waals surface area contributed by atoms with E-state index in [0.29, 0.717) is 30.5 Å². The fraction of sp³-hybridized carbons (Fsp3) is 0.333. The maximum absolute atomic E-state index is 9.10. The van der Waals surface area contributed by atoms with Gasteiger partial charge in [-0.1, -0.05) is 11.6 Å². The van der Waals surface area contributed by atoms with Gasteiger partial charge in [-0.2, -0.15) is 5.10 Å². The number of halogens is 1. The number of aliphatic carboxylic acids is 2. The average molecular weight is 386 g/mol. The molecule has 0 unspecified atom stereocenters. The number of ether oxygens (including phenoxy) is 3. The first kappa shape index (κ1) is 19.6. The topological polar surface area (TPSA) is 133 Å². The first-order valence-corrected chi connectivity index (χ1v) is 7.66. The molecule has 0 bridgehead atoms. The lowest BCUT2D eigenvalue weighted by molar-refractivity contribution is -0.177. The lowest BCUT2D eigenvalue weighted by Crippen LogP contribution is -2.33. The normalized spacial score (nSPS) is 15.0. The van der Waals surface area contributed by atoms with Crippen LogP contribution in [-0.4, -0.2) is 57.2 Å². The third-order valence-corrected chi connectivity index (χ3v) is 3.67. The molecule has 0 spiro atoms. The SMILES string of the molecule is COc1ccc(C2(Cn3cncn3)OCCO2)c(Cl)c1.O=C(O)C(=O)O. The summed E-state index contributed by atoms with van der Waals surface area (Å²) in [5.74, 6) is -3.89. The van der Waals surface area contributed by atoms with E-state index in [2.05, 4.69) is 10.1 Å². The quantitative estimate of drug-likeness (QED) is 0.739. The molecule has 10 nitrogen and oxygen atoms in total. The van der Waals surface area contributed by atoms with Crippen LogP contribution in [0.15, 0.2) is 30.9 Å². The zero-order valence-corrected chi connectivity index (χ0v) is 14.4. The molecule has 0 amide bonds. The third-order valence-electron chi connectivity index (χ3n) is 3.36. The second kappa shape index (κ2) is 8.61. The summed E-state index contributed by atoms with van der Waals surface area (Å²) in [7, 11) is 1.60. The Bertz CT molecular complexity index is 749. The van der Waals surface area contributed by atoms with Gasteiger partial charge in [-0.25, -0.2) is 19.3 Å².